The van der Waals surface area contributed by atoms with E-state index in [1.54, 1.807) is 0 Å². The lowest BCUT2D eigenvalue weighted by Crippen LogP contribution is -2.34. The zero-order valence-corrected chi connectivity index (χ0v) is 12.0. The van der Waals surface area contributed by atoms with Crippen LogP contribution >= 0.6 is 0 Å². The van der Waals surface area contributed by atoms with Gasteiger partial charge in [0.05, 0.1) is 5.52 Å². The van der Waals surface area contributed by atoms with Crippen molar-refractivity contribution >= 4 is 22.7 Å². The van der Waals surface area contributed by atoms with Crippen LogP contribution < -0.4 is 4.90 Å². The van der Waals surface area contributed by atoms with Crippen molar-refractivity contribution in [3.63, 3.8) is 0 Å². The molecule has 0 radical (unpaired) electrons. The van der Waals surface area contributed by atoms with Crippen LogP contribution in [0.1, 0.15) is 25.7 Å². The van der Waals surface area contributed by atoms with E-state index in [2.05, 4.69) is 23.1 Å². The molecular formula is C17H20N2O2. The number of pyridine rings is 1. The van der Waals surface area contributed by atoms with Crippen LogP contribution in [0.3, 0.4) is 0 Å². The fourth-order valence-corrected chi connectivity index (χ4v) is 3.01. The molecule has 1 fully saturated rings. The van der Waals surface area contributed by atoms with Gasteiger partial charge in [-0.2, -0.15) is 0 Å². The van der Waals surface area contributed by atoms with Crippen LogP contribution in [-0.4, -0.2) is 29.1 Å². The molecule has 1 aliphatic heterocycles. The SMILES string of the molecule is O=C(O)CCC1CCN(c2ccc3ccccc3n2)CC1. The van der Waals surface area contributed by atoms with Gasteiger partial charge in [-0.05, 0) is 43.4 Å². The summed E-state index contributed by atoms with van der Waals surface area (Å²) in [5, 5.41) is 9.92. The van der Waals surface area contributed by atoms with Gasteiger partial charge in [-0.3, -0.25) is 4.79 Å². The minimum absolute atomic E-state index is 0.291. The van der Waals surface area contributed by atoms with Gasteiger partial charge in [-0.1, -0.05) is 18.2 Å². The highest BCUT2D eigenvalue weighted by Crippen LogP contribution is 2.26. The van der Waals surface area contributed by atoms with Gasteiger partial charge in [0.1, 0.15) is 5.82 Å². The maximum Gasteiger partial charge on any atom is 0.303 e. The van der Waals surface area contributed by atoms with Gasteiger partial charge in [0.2, 0.25) is 0 Å². The number of rotatable bonds is 4. The van der Waals surface area contributed by atoms with Crippen molar-refractivity contribution < 1.29 is 9.90 Å². The molecule has 0 spiro atoms. The van der Waals surface area contributed by atoms with E-state index in [1.807, 2.05) is 18.2 Å². The van der Waals surface area contributed by atoms with Crippen molar-refractivity contribution in [2.45, 2.75) is 25.7 Å². The normalized spacial score (nSPS) is 16.3. The van der Waals surface area contributed by atoms with E-state index in [9.17, 15) is 4.79 Å². The van der Waals surface area contributed by atoms with Crippen LogP contribution in [0.2, 0.25) is 0 Å². The molecule has 1 aliphatic rings. The average Bonchev–Trinajstić information content (AvgIpc) is 2.53. The maximum absolute atomic E-state index is 10.6. The number of anilines is 1. The van der Waals surface area contributed by atoms with Gasteiger partial charge in [-0.15, -0.1) is 0 Å². The van der Waals surface area contributed by atoms with Gasteiger partial charge in [0.15, 0.2) is 0 Å². The molecule has 1 aromatic heterocycles. The Morgan fingerprint density at radius 2 is 1.95 bits per heavy atom. The molecule has 1 aromatic carbocycles. The largest absolute Gasteiger partial charge is 0.481 e. The molecular weight excluding hydrogens is 264 g/mol. The van der Waals surface area contributed by atoms with Crippen LogP contribution in [0.25, 0.3) is 10.9 Å². The van der Waals surface area contributed by atoms with Crippen molar-refractivity contribution in [2.75, 3.05) is 18.0 Å². The molecule has 4 nitrogen and oxygen atoms in total. The first-order valence-corrected chi connectivity index (χ1v) is 7.55. The number of hydrogen-bond donors (Lipinski definition) is 1. The summed E-state index contributed by atoms with van der Waals surface area (Å²) in [6.45, 7) is 1.94. The second-order valence-electron chi connectivity index (χ2n) is 5.72. The highest BCUT2D eigenvalue weighted by molar-refractivity contribution is 5.80. The van der Waals surface area contributed by atoms with E-state index in [0.29, 0.717) is 12.3 Å². The molecule has 0 unspecified atom stereocenters. The zero-order chi connectivity index (χ0) is 14.7. The van der Waals surface area contributed by atoms with Crippen LogP contribution in [0.15, 0.2) is 36.4 Å². The Labute approximate surface area is 124 Å². The first kappa shape index (κ1) is 13.9. The van der Waals surface area contributed by atoms with Crippen LogP contribution in [-0.2, 0) is 4.79 Å². The third-order valence-corrected chi connectivity index (χ3v) is 4.29. The monoisotopic (exact) mass is 284 g/mol. The highest BCUT2D eigenvalue weighted by atomic mass is 16.4. The second-order valence-corrected chi connectivity index (χ2v) is 5.72. The number of aliphatic carboxylic acids is 1. The fourth-order valence-electron chi connectivity index (χ4n) is 3.01. The van der Waals surface area contributed by atoms with Crippen molar-refractivity contribution in [3.8, 4) is 0 Å². The maximum atomic E-state index is 10.6. The van der Waals surface area contributed by atoms with Crippen molar-refractivity contribution in [1.29, 1.82) is 0 Å². The predicted octanol–water partition coefficient (Wildman–Crippen LogP) is 3.32. The standard InChI is InChI=1S/C17H20N2O2/c20-17(21)8-5-13-9-11-19(12-10-13)16-7-6-14-3-1-2-4-15(14)18-16/h1-4,6-7,13H,5,8-12H2,(H,20,21). The third kappa shape index (κ3) is 3.32. The summed E-state index contributed by atoms with van der Waals surface area (Å²) in [4.78, 5) is 17.7. The molecule has 0 bridgehead atoms. The Hall–Kier alpha value is -2.10. The molecule has 3 rings (SSSR count). The second kappa shape index (κ2) is 6.12. The Morgan fingerprint density at radius 1 is 1.19 bits per heavy atom. The molecule has 21 heavy (non-hydrogen) atoms. The fraction of sp³-hybridized carbons (Fsp3) is 0.412. The van der Waals surface area contributed by atoms with Gasteiger partial charge in [0, 0.05) is 24.9 Å². The number of hydrogen-bond acceptors (Lipinski definition) is 3. The number of piperidine rings is 1. The van der Waals surface area contributed by atoms with E-state index in [0.717, 1.165) is 49.1 Å². The summed E-state index contributed by atoms with van der Waals surface area (Å²) >= 11 is 0. The molecule has 4 heteroatoms. The van der Waals surface area contributed by atoms with Gasteiger partial charge >= 0.3 is 5.97 Å². The predicted molar refractivity (Wildman–Crippen MR) is 83.5 cm³/mol. The minimum atomic E-state index is -0.686. The minimum Gasteiger partial charge on any atom is -0.481 e. The number of para-hydroxylation sites is 1. The van der Waals surface area contributed by atoms with Crippen molar-refractivity contribution in [1.82, 2.24) is 4.98 Å². The van der Waals surface area contributed by atoms with Gasteiger partial charge in [0.25, 0.3) is 0 Å². The molecule has 0 saturated carbocycles. The number of benzene rings is 1. The molecule has 2 aromatic rings. The van der Waals surface area contributed by atoms with Crippen LogP contribution in [0.4, 0.5) is 5.82 Å². The Kier molecular flexibility index (Phi) is 4.04. The summed E-state index contributed by atoms with van der Waals surface area (Å²) in [7, 11) is 0. The number of nitrogens with zero attached hydrogens (tertiary/aromatic N) is 2. The summed E-state index contributed by atoms with van der Waals surface area (Å²) in [5.74, 6) is 0.886. The lowest BCUT2D eigenvalue weighted by atomic mass is 9.92. The van der Waals surface area contributed by atoms with E-state index in [4.69, 9.17) is 10.1 Å². The molecule has 2 heterocycles. The number of fused-ring (bicyclic) bond motifs is 1. The third-order valence-electron chi connectivity index (χ3n) is 4.29. The molecule has 1 N–H and O–H groups in total. The lowest BCUT2D eigenvalue weighted by molar-refractivity contribution is -0.137. The molecule has 0 aliphatic carbocycles. The van der Waals surface area contributed by atoms with E-state index >= 15 is 0 Å². The highest BCUT2D eigenvalue weighted by Gasteiger charge is 2.20. The van der Waals surface area contributed by atoms with E-state index in [1.165, 1.54) is 0 Å². The molecule has 1 saturated heterocycles. The zero-order valence-electron chi connectivity index (χ0n) is 12.0. The Balaban J connectivity index is 1.64. The summed E-state index contributed by atoms with van der Waals surface area (Å²) in [6, 6.07) is 12.4. The summed E-state index contributed by atoms with van der Waals surface area (Å²) < 4.78 is 0. The quantitative estimate of drug-likeness (QED) is 0.935. The first-order valence-electron chi connectivity index (χ1n) is 7.55. The van der Waals surface area contributed by atoms with Gasteiger partial charge in [-0.25, -0.2) is 4.98 Å². The summed E-state index contributed by atoms with van der Waals surface area (Å²) in [6.07, 6.45) is 3.21. The number of carbonyl (C=O) groups is 1. The Bertz CT molecular complexity index is 633. The molecule has 110 valence electrons. The average molecular weight is 284 g/mol. The lowest BCUT2D eigenvalue weighted by Gasteiger charge is -2.32. The number of carboxylic acids is 1. The number of carboxylic acid groups (broad SMARTS) is 1. The van der Waals surface area contributed by atoms with E-state index < -0.39 is 5.97 Å². The Morgan fingerprint density at radius 3 is 2.71 bits per heavy atom. The van der Waals surface area contributed by atoms with Crippen molar-refractivity contribution in [3.05, 3.63) is 36.4 Å². The van der Waals surface area contributed by atoms with Gasteiger partial charge < -0.3 is 10.0 Å². The molecule has 0 atom stereocenters. The number of aromatic nitrogens is 1. The summed E-state index contributed by atoms with van der Waals surface area (Å²) in [5.41, 5.74) is 1.03. The topological polar surface area (TPSA) is 53.4 Å². The van der Waals surface area contributed by atoms with Crippen LogP contribution in [0, 0.1) is 5.92 Å². The van der Waals surface area contributed by atoms with Crippen LogP contribution in [0.5, 0.6) is 0 Å². The van der Waals surface area contributed by atoms with Crippen molar-refractivity contribution in [2.24, 2.45) is 5.92 Å². The molecule has 0 amide bonds. The van der Waals surface area contributed by atoms with E-state index in [-0.39, 0.29) is 0 Å². The smallest absolute Gasteiger partial charge is 0.303 e. The first-order chi connectivity index (χ1) is 10.2.